The number of benzene rings is 4. The van der Waals surface area contributed by atoms with Crippen LogP contribution in [0.3, 0.4) is 0 Å². The normalized spacial score (nSPS) is 21.8. The molecule has 0 radical (unpaired) electrons. The van der Waals surface area contributed by atoms with E-state index in [0.29, 0.717) is 42.7 Å². The van der Waals surface area contributed by atoms with Gasteiger partial charge in [0.25, 0.3) is 11.8 Å². The van der Waals surface area contributed by atoms with Gasteiger partial charge >= 0.3 is 11.9 Å². The minimum atomic E-state index is -1.54. The maximum atomic E-state index is 16.0. The summed E-state index contributed by atoms with van der Waals surface area (Å²) in [5.74, 6) is -6.82. The summed E-state index contributed by atoms with van der Waals surface area (Å²) in [6.07, 6.45) is 4.30. The second kappa shape index (κ2) is 32.2. The average molecular weight is 1240 g/mol. The number of Topliss-reactive ketones (excluding diaryl/α,β-unsaturated/α-hetero) is 1. The second-order valence-electron chi connectivity index (χ2n) is 24.2. The highest BCUT2D eigenvalue weighted by molar-refractivity contribution is 6.38. The summed E-state index contributed by atoms with van der Waals surface area (Å²) < 4.78 is 50.7. The van der Waals surface area contributed by atoms with E-state index >= 15 is 9.18 Å². The van der Waals surface area contributed by atoms with Crippen molar-refractivity contribution in [3.8, 4) is 17.2 Å². The number of carbonyl (C=O) groups excluding carboxylic acids is 9. The number of piperidine rings is 1. The number of amides is 6. The van der Waals surface area contributed by atoms with Gasteiger partial charge in [-0.15, -0.1) is 0 Å². The molecule has 4 aromatic rings. The van der Waals surface area contributed by atoms with Crippen LogP contribution in [0.5, 0.6) is 17.2 Å². The van der Waals surface area contributed by atoms with E-state index in [1.54, 1.807) is 39.0 Å². The van der Waals surface area contributed by atoms with E-state index in [0.717, 1.165) is 33.4 Å². The molecule has 0 aliphatic carbocycles. The van der Waals surface area contributed by atoms with Gasteiger partial charge in [-0.3, -0.25) is 33.6 Å². The van der Waals surface area contributed by atoms with Crippen LogP contribution in [0.4, 0.5) is 4.39 Å². The Morgan fingerprint density at radius 1 is 0.753 bits per heavy atom. The lowest BCUT2D eigenvalue weighted by atomic mass is 9.87. The molecule has 2 heterocycles. The Morgan fingerprint density at radius 2 is 1.47 bits per heavy atom. The molecule has 482 valence electrons. The molecule has 2 aliphatic rings. The highest BCUT2D eigenvalue weighted by Gasteiger charge is 2.43. The summed E-state index contributed by atoms with van der Waals surface area (Å²) in [5.41, 5.74) is -0.749. The number of halogens is 1. The quantitative estimate of drug-likeness (QED) is 0.107. The van der Waals surface area contributed by atoms with Crippen molar-refractivity contribution in [2.24, 2.45) is 5.41 Å². The summed E-state index contributed by atoms with van der Waals surface area (Å²) in [4.78, 5) is 132. The van der Waals surface area contributed by atoms with Crippen LogP contribution >= 0.6 is 0 Å². The molecule has 6 rings (SSSR count). The number of cyclic esters (lactones) is 2. The number of aryl methyl sites for hydroxylation is 1. The molecule has 0 saturated carbocycles. The fourth-order valence-corrected chi connectivity index (χ4v) is 10.4. The van der Waals surface area contributed by atoms with Crippen LogP contribution in [0.25, 0.3) is 10.8 Å². The van der Waals surface area contributed by atoms with Crippen LogP contribution in [0.1, 0.15) is 116 Å². The zero-order valence-corrected chi connectivity index (χ0v) is 53.2. The third-order valence-electron chi connectivity index (χ3n) is 15.8. The number of hydrogen-bond donors (Lipinski definition) is 2. The Hall–Kier alpha value is -8.40. The van der Waals surface area contributed by atoms with Gasteiger partial charge < -0.3 is 58.7 Å². The molecule has 6 amide bonds. The van der Waals surface area contributed by atoms with Gasteiger partial charge in [-0.1, -0.05) is 74.4 Å². The summed E-state index contributed by atoms with van der Waals surface area (Å²) in [6.45, 7) is 8.34. The number of esters is 2. The standard InChI is InChI=1S/C67H87FN6O15/c1-12-13-22-51-62(80)70-50(34-44-25-28-45-20-14-15-21-46(45)33-44)63(81)73(9)53(40-88-66(2,3)4)61(79)69-39-57(75)71(7)31-18-17-24-59(77)87-42-67(5,6)60(78)64(82)74-32-19-16-23-52(74)65(83)89-54(29-26-43-27-30-55(84-10)56(35-43)85-11)47-36-48(68)38-49(37-47)86-41-58(76)72(51)8/h14-15,17,20-21,24-25,27-28,30,33,35-38,50-54H,12-13,16,18-19,22-23,26,29,31-32,34,39-42H2,1-11H3,(H,69,79)(H,70,80)/b24-17+/t50-,51-,52-,53-,54+/m0/s1. The maximum Gasteiger partial charge on any atom is 0.330 e. The van der Waals surface area contributed by atoms with Crippen molar-refractivity contribution in [2.45, 2.75) is 142 Å². The van der Waals surface area contributed by atoms with Crippen LogP contribution in [0.15, 0.2) is 91.0 Å². The predicted octanol–water partition coefficient (Wildman–Crippen LogP) is 7.03. The molecule has 22 heteroatoms. The van der Waals surface area contributed by atoms with Crippen molar-refractivity contribution in [1.29, 1.82) is 0 Å². The van der Waals surface area contributed by atoms with Gasteiger partial charge in [-0.05, 0) is 131 Å². The van der Waals surface area contributed by atoms with E-state index in [1.807, 2.05) is 49.4 Å². The Labute approximate surface area is 520 Å². The Balaban J connectivity index is 1.37. The second-order valence-corrected chi connectivity index (χ2v) is 24.2. The first-order valence-corrected chi connectivity index (χ1v) is 30.2. The van der Waals surface area contributed by atoms with Gasteiger partial charge in [-0.25, -0.2) is 14.0 Å². The summed E-state index contributed by atoms with van der Waals surface area (Å²) in [6, 6.07) is 17.2. The number of ether oxygens (including phenoxy) is 6. The van der Waals surface area contributed by atoms with Crippen LogP contribution in [-0.2, 0) is 70.2 Å². The lowest BCUT2D eigenvalue weighted by Crippen LogP contribution is -2.59. The highest BCUT2D eigenvalue weighted by atomic mass is 19.1. The van der Waals surface area contributed by atoms with Crippen molar-refractivity contribution in [2.75, 3.05) is 74.8 Å². The zero-order valence-electron chi connectivity index (χ0n) is 53.2. The van der Waals surface area contributed by atoms with Gasteiger partial charge in [0, 0.05) is 52.8 Å². The van der Waals surface area contributed by atoms with E-state index < -0.39 is 120 Å². The van der Waals surface area contributed by atoms with Crippen LogP contribution in [0.2, 0.25) is 0 Å². The summed E-state index contributed by atoms with van der Waals surface area (Å²) in [5, 5.41) is 7.40. The minimum Gasteiger partial charge on any atom is -0.493 e. The number of likely N-dealkylation sites (N-methyl/N-ethyl adjacent to an activating group) is 3. The fraction of sp³-hybridized carbons (Fsp3) is 0.507. The van der Waals surface area contributed by atoms with Crippen molar-refractivity contribution in [1.82, 2.24) is 30.2 Å². The number of rotatable bonds is 12. The molecule has 2 bridgehead atoms. The number of unbranched alkanes of at least 4 members (excludes halogenated alkanes) is 1. The smallest absolute Gasteiger partial charge is 0.330 e. The molecular weight excluding hydrogens is 1150 g/mol. The Morgan fingerprint density at radius 3 is 2.18 bits per heavy atom. The number of nitrogens with zero attached hydrogens (tertiary/aromatic N) is 4. The molecule has 2 N–H and O–H groups in total. The van der Waals surface area contributed by atoms with Crippen molar-refractivity contribution in [3.63, 3.8) is 0 Å². The van der Waals surface area contributed by atoms with E-state index in [2.05, 4.69) is 10.6 Å². The van der Waals surface area contributed by atoms with Crippen molar-refractivity contribution in [3.05, 3.63) is 114 Å². The molecule has 1 fully saturated rings. The molecule has 1 saturated heterocycles. The topological polar surface area (TPSA) is 246 Å². The molecule has 4 aromatic carbocycles. The summed E-state index contributed by atoms with van der Waals surface area (Å²) >= 11 is 0. The number of methoxy groups -OCH3 is 2. The lowest BCUT2D eigenvalue weighted by Gasteiger charge is -2.36. The highest BCUT2D eigenvalue weighted by Crippen LogP contribution is 2.34. The zero-order chi connectivity index (χ0) is 65.2. The molecule has 0 aromatic heterocycles. The van der Waals surface area contributed by atoms with Gasteiger partial charge in [0.2, 0.25) is 29.4 Å². The first-order chi connectivity index (χ1) is 42.2. The van der Waals surface area contributed by atoms with E-state index in [-0.39, 0.29) is 69.5 Å². The molecule has 0 spiro atoms. The van der Waals surface area contributed by atoms with Gasteiger partial charge in [-0.2, -0.15) is 0 Å². The maximum absolute atomic E-state index is 16.0. The number of nitrogens with one attached hydrogen (secondary N) is 2. The molecule has 2 aliphatic heterocycles. The number of fused-ring (bicyclic) bond motifs is 4. The third-order valence-corrected chi connectivity index (χ3v) is 15.8. The monoisotopic (exact) mass is 1230 g/mol. The van der Waals surface area contributed by atoms with Crippen LogP contribution < -0.4 is 24.8 Å². The number of carbonyl (C=O) groups is 9. The first-order valence-electron chi connectivity index (χ1n) is 30.2. The van der Waals surface area contributed by atoms with E-state index in [9.17, 15) is 38.4 Å². The molecule has 89 heavy (non-hydrogen) atoms. The SMILES string of the molecule is CCCC[C@H]1C(=O)N[C@@H](Cc2ccc3ccccc3c2)C(=O)N(C)[C@@H](COC(C)(C)C)C(=O)NCC(=O)N(C)CC/C=C/C(=O)OCC(C)(C)C(=O)C(=O)N2CCCC[C@H]2C(=O)O[C@H](CCc2ccc(OC)c(OC)c2)c2cc(F)cc(c2)OCC(=O)N1C. The van der Waals surface area contributed by atoms with Gasteiger partial charge in [0.05, 0.1) is 38.4 Å². The molecular formula is C67H87FN6O15. The Kier molecular flexibility index (Phi) is 25.2. The van der Waals surface area contributed by atoms with Gasteiger partial charge in [0.1, 0.15) is 48.4 Å². The van der Waals surface area contributed by atoms with Crippen molar-refractivity contribution >= 4 is 63.9 Å². The number of hydrogen-bond acceptors (Lipinski definition) is 15. The summed E-state index contributed by atoms with van der Waals surface area (Å²) in [7, 11) is 7.33. The minimum absolute atomic E-state index is 0.0356. The molecule has 0 unspecified atom stereocenters. The number of ketones is 1. The van der Waals surface area contributed by atoms with Crippen LogP contribution in [0, 0.1) is 11.2 Å². The first kappa shape index (κ1) is 69.7. The van der Waals surface area contributed by atoms with E-state index in [4.69, 9.17) is 28.4 Å². The van der Waals surface area contributed by atoms with Crippen LogP contribution in [-0.4, -0.2) is 177 Å². The molecule has 5 atom stereocenters. The Bertz CT molecular complexity index is 3220. The largest absolute Gasteiger partial charge is 0.493 e. The van der Waals surface area contributed by atoms with Gasteiger partial charge in [0.15, 0.2) is 18.1 Å². The van der Waals surface area contributed by atoms with Crippen molar-refractivity contribution < 1.29 is 76.0 Å². The average Bonchev–Trinajstić information content (AvgIpc) is 1.14. The lowest BCUT2D eigenvalue weighted by molar-refractivity contribution is -0.165. The third kappa shape index (κ3) is 19.8. The predicted molar refractivity (Wildman–Crippen MR) is 330 cm³/mol. The fourth-order valence-electron chi connectivity index (χ4n) is 10.4. The molecule has 21 nitrogen and oxygen atoms in total. The van der Waals surface area contributed by atoms with E-state index in [1.165, 1.54) is 82.1 Å².